The highest BCUT2D eigenvalue weighted by molar-refractivity contribution is 5.99. The van der Waals surface area contributed by atoms with Crippen LogP contribution in [0.4, 0.5) is 4.39 Å². The molecule has 1 aromatic carbocycles. The van der Waals surface area contributed by atoms with Crippen LogP contribution in [0.5, 0.6) is 0 Å². The van der Waals surface area contributed by atoms with Gasteiger partial charge in [0.25, 0.3) is 0 Å². The van der Waals surface area contributed by atoms with E-state index in [0.29, 0.717) is 6.54 Å². The standard InChI is InChI=1S/C15H18FNO3/c1-20-15(19)12-10-17(8-7-13(12)18)14(16)9-11-5-3-2-4-6-11/h2-6,12,14H,7-10H2,1H3. The summed E-state index contributed by atoms with van der Waals surface area (Å²) in [6, 6.07) is 9.32. The van der Waals surface area contributed by atoms with Crippen LogP contribution in [-0.4, -0.2) is 43.1 Å². The van der Waals surface area contributed by atoms with E-state index in [1.807, 2.05) is 30.3 Å². The number of carbonyl (C=O) groups excluding carboxylic acids is 2. The number of methoxy groups -OCH3 is 1. The lowest BCUT2D eigenvalue weighted by Gasteiger charge is -2.32. The second-order valence-electron chi connectivity index (χ2n) is 4.91. The maximum Gasteiger partial charge on any atom is 0.317 e. The number of hydrogen-bond acceptors (Lipinski definition) is 4. The predicted octanol–water partition coefficient (Wildman–Crippen LogP) is 1.59. The van der Waals surface area contributed by atoms with Crippen molar-refractivity contribution in [1.82, 2.24) is 4.90 Å². The molecule has 0 aliphatic carbocycles. The molecule has 1 aliphatic heterocycles. The van der Waals surface area contributed by atoms with Crippen LogP contribution in [0.25, 0.3) is 0 Å². The van der Waals surface area contributed by atoms with Crippen molar-refractivity contribution in [1.29, 1.82) is 0 Å². The number of ketones is 1. The van der Waals surface area contributed by atoms with E-state index < -0.39 is 18.2 Å². The molecule has 2 rings (SSSR count). The van der Waals surface area contributed by atoms with Crippen molar-refractivity contribution >= 4 is 11.8 Å². The van der Waals surface area contributed by atoms with Gasteiger partial charge in [0, 0.05) is 25.9 Å². The number of nitrogens with zero attached hydrogens (tertiary/aromatic N) is 1. The van der Waals surface area contributed by atoms with Crippen LogP contribution in [0.2, 0.25) is 0 Å². The maximum atomic E-state index is 14.3. The summed E-state index contributed by atoms with van der Waals surface area (Å²) in [4.78, 5) is 24.7. The highest BCUT2D eigenvalue weighted by Crippen LogP contribution is 2.19. The molecule has 0 amide bonds. The van der Waals surface area contributed by atoms with Gasteiger partial charge in [-0.05, 0) is 5.56 Å². The van der Waals surface area contributed by atoms with Crippen LogP contribution in [0, 0.1) is 5.92 Å². The molecule has 4 nitrogen and oxygen atoms in total. The molecule has 1 aromatic rings. The minimum absolute atomic E-state index is 0.0967. The summed E-state index contributed by atoms with van der Waals surface area (Å²) in [5, 5.41) is 0. The summed E-state index contributed by atoms with van der Waals surface area (Å²) in [5.74, 6) is -1.60. The van der Waals surface area contributed by atoms with Crippen molar-refractivity contribution in [3.8, 4) is 0 Å². The molecule has 0 radical (unpaired) electrons. The molecule has 0 bridgehead atoms. The van der Waals surface area contributed by atoms with Crippen LogP contribution in [0.1, 0.15) is 12.0 Å². The van der Waals surface area contributed by atoms with Gasteiger partial charge in [-0.1, -0.05) is 30.3 Å². The third-order valence-electron chi connectivity index (χ3n) is 3.58. The van der Waals surface area contributed by atoms with Gasteiger partial charge in [0.05, 0.1) is 7.11 Å². The second-order valence-corrected chi connectivity index (χ2v) is 4.91. The molecule has 1 fully saturated rings. The van der Waals surface area contributed by atoms with E-state index in [0.717, 1.165) is 5.56 Å². The van der Waals surface area contributed by atoms with Crippen molar-refractivity contribution in [2.45, 2.75) is 19.1 Å². The molecule has 5 heteroatoms. The van der Waals surface area contributed by atoms with Gasteiger partial charge in [0.2, 0.25) is 0 Å². The molecule has 1 heterocycles. The molecule has 2 atom stereocenters. The zero-order valence-corrected chi connectivity index (χ0v) is 11.4. The van der Waals surface area contributed by atoms with Crippen molar-refractivity contribution < 1.29 is 18.7 Å². The number of carbonyl (C=O) groups is 2. The summed E-state index contributed by atoms with van der Waals surface area (Å²) in [6.07, 6.45) is -0.754. The van der Waals surface area contributed by atoms with E-state index in [4.69, 9.17) is 0 Å². The number of hydrogen-bond donors (Lipinski definition) is 0. The summed E-state index contributed by atoms with van der Waals surface area (Å²) >= 11 is 0. The Balaban J connectivity index is 1.98. The number of alkyl halides is 1. The van der Waals surface area contributed by atoms with Gasteiger partial charge in [0.1, 0.15) is 11.7 Å². The van der Waals surface area contributed by atoms with E-state index in [1.165, 1.54) is 12.0 Å². The van der Waals surface area contributed by atoms with Crippen LogP contribution in [0.3, 0.4) is 0 Å². The average molecular weight is 279 g/mol. The van der Waals surface area contributed by atoms with Crippen LogP contribution in [-0.2, 0) is 20.7 Å². The zero-order chi connectivity index (χ0) is 14.5. The smallest absolute Gasteiger partial charge is 0.317 e. The van der Waals surface area contributed by atoms with Crippen molar-refractivity contribution in [2.24, 2.45) is 5.92 Å². The minimum atomic E-state index is -1.20. The maximum absolute atomic E-state index is 14.3. The molecule has 108 valence electrons. The number of piperidine rings is 1. The topological polar surface area (TPSA) is 46.6 Å². The number of ether oxygens (including phenoxy) is 1. The first kappa shape index (κ1) is 14.7. The molecular weight excluding hydrogens is 261 g/mol. The average Bonchev–Trinajstić information content (AvgIpc) is 2.48. The lowest BCUT2D eigenvalue weighted by atomic mass is 9.96. The highest BCUT2D eigenvalue weighted by Gasteiger charge is 2.36. The predicted molar refractivity (Wildman–Crippen MR) is 71.7 cm³/mol. The van der Waals surface area contributed by atoms with Gasteiger partial charge >= 0.3 is 5.97 Å². The lowest BCUT2D eigenvalue weighted by molar-refractivity contribution is -0.153. The van der Waals surface area contributed by atoms with E-state index >= 15 is 0 Å². The summed E-state index contributed by atoms with van der Waals surface area (Å²) in [5.41, 5.74) is 0.895. The zero-order valence-electron chi connectivity index (χ0n) is 11.4. The van der Waals surface area contributed by atoms with E-state index in [1.54, 1.807) is 0 Å². The molecule has 0 saturated carbocycles. The first-order valence-electron chi connectivity index (χ1n) is 6.64. The van der Waals surface area contributed by atoms with Crippen LogP contribution < -0.4 is 0 Å². The Kier molecular flexibility index (Phi) is 4.84. The Hall–Kier alpha value is -1.75. The number of likely N-dealkylation sites (tertiary alicyclic amines) is 1. The Morgan fingerprint density at radius 2 is 2.15 bits per heavy atom. The molecule has 1 aliphatic rings. The monoisotopic (exact) mass is 279 g/mol. The number of esters is 1. The molecule has 20 heavy (non-hydrogen) atoms. The van der Waals surface area contributed by atoms with Gasteiger partial charge in [-0.2, -0.15) is 0 Å². The quantitative estimate of drug-likeness (QED) is 0.477. The molecular formula is C15H18FNO3. The molecule has 0 aromatic heterocycles. The summed E-state index contributed by atoms with van der Waals surface area (Å²) < 4.78 is 18.9. The molecule has 0 spiro atoms. The largest absolute Gasteiger partial charge is 0.468 e. The Bertz CT molecular complexity index is 469. The molecule has 0 N–H and O–H groups in total. The summed E-state index contributed by atoms with van der Waals surface area (Å²) in [6.45, 7) is 0.444. The minimum Gasteiger partial charge on any atom is -0.468 e. The summed E-state index contributed by atoms with van der Waals surface area (Å²) in [7, 11) is 1.24. The Morgan fingerprint density at radius 1 is 1.45 bits per heavy atom. The fourth-order valence-electron chi connectivity index (χ4n) is 2.40. The van der Waals surface area contributed by atoms with Gasteiger partial charge in [-0.15, -0.1) is 0 Å². The Morgan fingerprint density at radius 3 is 2.80 bits per heavy atom. The van der Waals surface area contributed by atoms with Crippen molar-refractivity contribution in [3.05, 3.63) is 35.9 Å². The van der Waals surface area contributed by atoms with Crippen LogP contribution in [0.15, 0.2) is 30.3 Å². The SMILES string of the molecule is COC(=O)C1CN(C(F)Cc2ccccc2)CCC1=O. The van der Waals surface area contributed by atoms with Gasteiger partial charge in [-0.3, -0.25) is 14.5 Å². The highest BCUT2D eigenvalue weighted by atomic mass is 19.1. The Labute approximate surface area is 117 Å². The number of benzene rings is 1. The number of halogens is 1. The van der Waals surface area contributed by atoms with Gasteiger partial charge < -0.3 is 4.74 Å². The third kappa shape index (κ3) is 3.42. The first-order chi connectivity index (χ1) is 9.61. The fourth-order valence-corrected chi connectivity index (χ4v) is 2.40. The van der Waals surface area contributed by atoms with Crippen LogP contribution >= 0.6 is 0 Å². The lowest BCUT2D eigenvalue weighted by Crippen LogP contribution is -2.48. The fraction of sp³-hybridized carbons (Fsp3) is 0.467. The second kappa shape index (κ2) is 6.61. The first-order valence-corrected chi connectivity index (χ1v) is 6.64. The van der Waals surface area contributed by atoms with E-state index in [2.05, 4.69) is 4.74 Å². The van der Waals surface area contributed by atoms with Crippen molar-refractivity contribution in [2.75, 3.05) is 20.2 Å². The van der Waals surface area contributed by atoms with Gasteiger partial charge in [-0.25, -0.2) is 4.39 Å². The van der Waals surface area contributed by atoms with Gasteiger partial charge in [0.15, 0.2) is 6.30 Å². The van der Waals surface area contributed by atoms with E-state index in [-0.39, 0.29) is 25.2 Å². The molecule has 2 unspecified atom stereocenters. The third-order valence-corrected chi connectivity index (χ3v) is 3.58. The van der Waals surface area contributed by atoms with E-state index in [9.17, 15) is 14.0 Å². The number of Topliss-reactive ketones (excluding diaryl/α,β-unsaturated/α-hetero) is 1. The van der Waals surface area contributed by atoms with Crippen molar-refractivity contribution in [3.63, 3.8) is 0 Å². The molecule has 1 saturated heterocycles. The number of rotatable bonds is 4. The normalized spacial score (nSPS) is 21.5.